The van der Waals surface area contributed by atoms with Crippen molar-refractivity contribution in [1.82, 2.24) is 0 Å². The van der Waals surface area contributed by atoms with Gasteiger partial charge in [0.2, 0.25) is 0 Å². The van der Waals surface area contributed by atoms with Crippen molar-refractivity contribution in [2.75, 3.05) is 0 Å². The molecule has 0 saturated carbocycles. The van der Waals surface area contributed by atoms with Gasteiger partial charge in [0.1, 0.15) is 0 Å². The van der Waals surface area contributed by atoms with Gasteiger partial charge < -0.3 is 5.11 Å². The third kappa shape index (κ3) is 3.25. The molecule has 0 aliphatic heterocycles. The molecule has 0 fully saturated rings. The molecule has 1 aliphatic carbocycles. The molecule has 17 heavy (non-hydrogen) atoms. The Kier molecular flexibility index (Phi) is 4.49. The molecule has 1 aromatic rings. The van der Waals surface area contributed by atoms with Crippen molar-refractivity contribution in [1.29, 1.82) is 0 Å². The van der Waals surface area contributed by atoms with Crippen LogP contribution >= 0.6 is 23.2 Å². The van der Waals surface area contributed by atoms with Crippen molar-refractivity contribution in [2.24, 2.45) is 5.92 Å². The summed E-state index contributed by atoms with van der Waals surface area (Å²) in [5, 5.41) is 11.5. The fraction of sp³-hybridized carbons (Fsp3) is 0.429. The lowest BCUT2D eigenvalue weighted by Gasteiger charge is -2.24. The van der Waals surface area contributed by atoms with E-state index in [2.05, 4.69) is 12.2 Å². The number of hydrogen-bond donors (Lipinski definition) is 1. The van der Waals surface area contributed by atoms with Crippen LogP contribution in [-0.2, 0) is 6.42 Å². The van der Waals surface area contributed by atoms with E-state index in [1.165, 1.54) is 0 Å². The van der Waals surface area contributed by atoms with E-state index in [0.717, 1.165) is 24.8 Å². The Hall–Kier alpha value is -0.500. The SMILES string of the molecule is OC(Cc1c(Cl)cccc1Cl)C1CC=CCC1. The maximum atomic E-state index is 10.2. The van der Waals surface area contributed by atoms with Crippen molar-refractivity contribution in [3.05, 3.63) is 46.0 Å². The normalized spacial score (nSPS) is 21.5. The summed E-state index contributed by atoms with van der Waals surface area (Å²) in [6, 6.07) is 5.45. The van der Waals surface area contributed by atoms with Crippen molar-refractivity contribution >= 4 is 23.2 Å². The Morgan fingerprint density at radius 2 is 1.94 bits per heavy atom. The van der Waals surface area contributed by atoms with E-state index < -0.39 is 0 Å². The number of hydrogen-bond acceptors (Lipinski definition) is 1. The number of rotatable bonds is 3. The van der Waals surface area contributed by atoms with Gasteiger partial charge in [-0.05, 0) is 42.9 Å². The molecule has 2 atom stereocenters. The summed E-state index contributed by atoms with van der Waals surface area (Å²) in [6.07, 6.45) is 7.53. The minimum atomic E-state index is -0.364. The van der Waals surface area contributed by atoms with Crippen LogP contribution in [-0.4, -0.2) is 11.2 Å². The first-order valence-electron chi connectivity index (χ1n) is 5.94. The summed E-state index contributed by atoms with van der Waals surface area (Å²) in [4.78, 5) is 0. The minimum Gasteiger partial charge on any atom is -0.392 e. The van der Waals surface area contributed by atoms with Gasteiger partial charge in [-0.2, -0.15) is 0 Å². The second-order valence-electron chi connectivity index (χ2n) is 4.52. The highest BCUT2D eigenvalue weighted by molar-refractivity contribution is 6.35. The summed E-state index contributed by atoms with van der Waals surface area (Å²) < 4.78 is 0. The first-order chi connectivity index (χ1) is 8.18. The first kappa shape index (κ1) is 12.9. The highest BCUT2D eigenvalue weighted by atomic mass is 35.5. The number of aliphatic hydroxyl groups excluding tert-OH is 1. The monoisotopic (exact) mass is 270 g/mol. The Labute approximate surface area is 112 Å². The third-order valence-electron chi connectivity index (χ3n) is 3.33. The van der Waals surface area contributed by atoms with Gasteiger partial charge in [-0.15, -0.1) is 0 Å². The summed E-state index contributed by atoms with van der Waals surface area (Å²) in [5.41, 5.74) is 0.859. The minimum absolute atomic E-state index is 0.326. The first-order valence-corrected chi connectivity index (χ1v) is 6.70. The number of benzene rings is 1. The molecule has 0 amide bonds. The molecule has 1 aliphatic rings. The average Bonchev–Trinajstić information content (AvgIpc) is 2.35. The molecule has 0 radical (unpaired) electrons. The van der Waals surface area contributed by atoms with Crippen LogP contribution in [0.25, 0.3) is 0 Å². The molecule has 0 heterocycles. The number of aliphatic hydroxyl groups is 1. The maximum absolute atomic E-state index is 10.2. The molecule has 2 rings (SSSR count). The largest absolute Gasteiger partial charge is 0.392 e. The van der Waals surface area contributed by atoms with Gasteiger partial charge in [0.25, 0.3) is 0 Å². The summed E-state index contributed by atoms with van der Waals surface area (Å²) >= 11 is 12.2. The Morgan fingerprint density at radius 3 is 2.53 bits per heavy atom. The van der Waals surface area contributed by atoms with Gasteiger partial charge in [-0.1, -0.05) is 41.4 Å². The number of allylic oxidation sites excluding steroid dienone is 2. The Balaban J connectivity index is 2.07. The second kappa shape index (κ2) is 5.90. The summed E-state index contributed by atoms with van der Waals surface area (Å²) in [6.45, 7) is 0. The van der Waals surface area contributed by atoms with Crippen LogP contribution in [0.1, 0.15) is 24.8 Å². The van der Waals surface area contributed by atoms with Crippen LogP contribution in [0.3, 0.4) is 0 Å². The Bertz CT molecular complexity index is 394. The molecule has 0 aromatic heterocycles. The fourth-order valence-corrected chi connectivity index (χ4v) is 2.82. The lowest BCUT2D eigenvalue weighted by Crippen LogP contribution is -2.24. The molecular weight excluding hydrogens is 255 g/mol. The fourth-order valence-electron chi connectivity index (χ4n) is 2.27. The van der Waals surface area contributed by atoms with Crippen LogP contribution in [0, 0.1) is 5.92 Å². The van der Waals surface area contributed by atoms with E-state index in [1.54, 1.807) is 0 Å². The molecule has 0 bridgehead atoms. The zero-order chi connectivity index (χ0) is 12.3. The zero-order valence-electron chi connectivity index (χ0n) is 9.57. The van der Waals surface area contributed by atoms with E-state index in [-0.39, 0.29) is 6.10 Å². The van der Waals surface area contributed by atoms with Crippen LogP contribution < -0.4 is 0 Å². The van der Waals surface area contributed by atoms with E-state index in [9.17, 15) is 5.11 Å². The van der Waals surface area contributed by atoms with Crippen LogP contribution in [0.15, 0.2) is 30.4 Å². The molecule has 92 valence electrons. The quantitative estimate of drug-likeness (QED) is 0.815. The van der Waals surface area contributed by atoms with Crippen molar-refractivity contribution in [2.45, 2.75) is 31.8 Å². The Morgan fingerprint density at radius 1 is 1.24 bits per heavy atom. The predicted octanol–water partition coefficient (Wildman–Crippen LogP) is 4.25. The average molecular weight is 271 g/mol. The van der Waals surface area contributed by atoms with E-state index in [1.807, 2.05) is 18.2 Å². The second-order valence-corrected chi connectivity index (χ2v) is 5.33. The van der Waals surface area contributed by atoms with E-state index in [4.69, 9.17) is 23.2 Å². The molecule has 2 unspecified atom stereocenters. The highest BCUT2D eigenvalue weighted by Crippen LogP contribution is 2.29. The van der Waals surface area contributed by atoms with Crippen molar-refractivity contribution in [3.63, 3.8) is 0 Å². The predicted molar refractivity (Wildman–Crippen MR) is 72.7 cm³/mol. The van der Waals surface area contributed by atoms with E-state index in [0.29, 0.717) is 22.4 Å². The highest BCUT2D eigenvalue weighted by Gasteiger charge is 2.21. The maximum Gasteiger partial charge on any atom is 0.0612 e. The van der Waals surface area contributed by atoms with E-state index >= 15 is 0 Å². The van der Waals surface area contributed by atoms with Crippen LogP contribution in [0.4, 0.5) is 0 Å². The molecular formula is C14H16Cl2O. The van der Waals surface area contributed by atoms with Gasteiger partial charge in [0, 0.05) is 16.5 Å². The topological polar surface area (TPSA) is 20.2 Å². The zero-order valence-corrected chi connectivity index (χ0v) is 11.1. The van der Waals surface area contributed by atoms with Gasteiger partial charge in [-0.25, -0.2) is 0 Å². The molecule has 0 saturated heterocycles. The lowest BCUT2D eigenvalue weighted by atomic mass is 9.86. The molecule has 1 N–H and O–H groups in total. The molecule has 3 heteroatoms. The van der Waals surface area contributed by atoms with Crippen LogP contribution in [0.2, 0.25) is 10.0 Å². The summed E-state index contributed by atoms with van der Waals surface area (Å²) in [7, 11) is 0. The molecule has 1 aromatic carbocycles. The summed E-state index contributed by atoms with van der Waals surface area (Å²) in [5.74, 6) is 0.326. The van der Waals surface area contributed by atoms with Crippen molar-refractivity contribution in [3.8, 4) is 0 Å². The third-order valence-corrected chi connectivity index (χ3v) is 4.04. The lowest BCUT2D eigenvalue weighted by molar-refractivity contribution is 0.102. The van der Waals surface area contributed by atoms with Gasteiger partial charge >= 0.3 is 0 Å². The van der Waals surface area contributed by atoms with Crippen molar-refractivity contribution < 1.29 is 5.11 Å². The van der Waals surface area contributed by atoms with Crippen LogP contribution in [0.5, 0.6) is 0 Å². The number of halogens is 2. The van der Waals surface area contributed by atoms with Gasteiger partial charge in [0.15, 0.2) is 0 Å². The molecule has 0 spiro atoms. The smallest absolute Gasteiger partial charge is 0.0612 e. The molecule has 1 nitrogen and oxygen atoms in total. The standard InChI is InChI=1S/C14H16Cl2O/c15-12-7-4-8-13(16)11(12)9-14(17)10-5-2-1-3-6-10/h1-2,4,7-8,10,14,17H,3,5-6,9H2. The van der Waals surface area contributed by atoms with Gasteiger partial charge in [0.05, 0.1) is 6.10 Å². The van der Waals surface area contributed by atoms with Gasteiger partial charge in [-0.3, -0.25) is 0 Å².